The number of hydrogen-bond acceptors (Lipinski definition) is 10. The Morgan fingerprint density at radius 1 is 0.839 bits per heavy atom. The van der Waals surface area contributed by atoms with Gasteiger partial charge in [-0.1, -0.05) is 58.0 Å². The van der Waals surface area contributed by atoms with Crippen LogP contribution in [0.25, 0.3) is 0 Å². The number of nitrogens with one attached hydrogen (secondary N) is 6. The second-order valence-corrected chi connectivity index (χ2v) is 15.0. The third-order valence-electron chi connectivity index (χ3n) is 9.45. The molecule has 1 aliphatic heterocycles. The van der Waals surface area contributed by atoms with E-state index in [0.717, 1.165) is 0 Å². The van der Waals surface area contributed by atoms with Gasteiger partial charge in [-0.3, -0.25) is 28.8 Å². The summed E-state index contributed by atoms with van der Waals surface area (Å²) in [6.45, 7) is 9.93. The third-order valence-corrected chi connectivity index (χ3v) is 9.45. The van der Waals surface area contributed by atoms with Gasteiger partial charge < -0.3 is 52.4 Å². The Hall–Kier alpha value is -5.36. The SMILES string of the molecule is CC(C)CC(NC(=O)C(NC(=O)C(C)NC(=O)C1CCCN1C(=O)C(Cc1ccccc1)NC(=O)C(NC(=O)C(N)Cc1cnc[nH]1)C(C)O)C(C)C)C(=O)O. The minimum absolute atomic E-state index is 0.0114. The van der Waals surface area contributed by atoms with Crippen molar-refractivity contribution in [2.75, 3.05) is 6.54 Å². The normalized spacial score (nSPS) is 17.8. The van der Waals surface area contributed by atoms with Gasteiger partial charge in [0.25, 0.3) is 0 Å². The van der Waals surface area contributed by atoms with Gasteiger partial charge in [0, 0.05) is 31.3 Å². The molecule has 0 radical (unpaired) electrons. The zero-order valence-corrected chi connectivity index (χ0v) is 32.8. The molecule has 2 aromatic rings. The van der Waals surface area contributed by atoms with E-state index in [1.807, 2.05) is 13.8 Å². The molecule has 1 saturated heterocycles. The predicted molar refractivity (Wildman–Crippen MR) is 204 cm³/mol. The van der Waals surface area contributed by atoms with Crippen LogP contribution in [0, 0.1) is 11.8 Å². The zero-order chi connectivity index (χ0) is 41.7. The number of carbonyl (C=O) groups excluding carboxylic acids is 6. The number of rotatable bonds is 20. The van der Waals surface area contributed by atoms with E-state index in [0.29, 0.717) is 17.7 Å². The number of carboxylic acids is 1. The molecular formula is C38H57N9O9. The first kappa shape index (κ1) is 45.0. The average molecular weight is 784 g/mol. The summed E-state index contributed by atoms with van der Waals surface area (Å²) in [5.41, 5.74) is 7.33. The molecule has 1 fully saturated rings. The molecule has 56 heavy (non-hydrogen) atoms. The topological polar surface area (TPSA) is 278 Å². The quantitative estimate of drug-likeness (QED) is 0.0796. The van der Waals surface area contributed by atoms with Crippen LogP contribution < -0.4 is 32.3 Å². The molecule has 3 rings (SSSR count). The standard InChI is InChI=1S/C38H57N9O9/c1-20(2)15-28(38(55)56)44-35(52)30(21(3)4)45-32(49)22(5)42-34(51)29-13-10-14-47(29)37(54)27(16-24-11-8-7-9-12-24)43-36(53)31(23(6)48)46-33(50)26(39)17-25-18-40-19-41-25/h7-9,11-12,18-23,26-31,48H,10,13-17,39H2,1-6H3,(H,40,41)(H,42,51)(H,43,53)(H,44,52)(H,45,49)(H,46,50)(H,55,56). The highest BCUT2D eigenvalue weighted by atomic mass is 16.4. The Balaban J connectivity index is 1.73. The molecule has 10 N–H and O–H groups in total. The summed E-state index contributed by atoms with van der Waals surface area (Å²) in [5.74, 6) is -5.76. The number of imidazole rings is 1. The van der Waals surface area contributed by atoms with Gasteiger partial charge in [0.1, 0.15) is 36.3 Å². The Bertz CT molecular complexity index is 1650. The van der Waals surface area contributed by atoms with Crippen molar-refractivity contribution in [2.45, 2.75) is 122 Å². The van der Waals surface area contributed by atoms with Crippen LogP contribution in [0.4, 0.5) is 0 Å². The van der Waals surface area contributed by atoms with Gasteiger partial charge in [0.05, 0.1) is 18.5 Å². The Labute approximate surface area is 326 Å². The average Bonchev–Trinajstić information content (AvgIpc) is 3.84. The van der Waals surface area contributed by atoms with E-state index in [1.54, 1.807) is 44.2 Å². The van der Waals surface area contributed by atoms with E-state index < -0.39 is 95.7 Å². The van der Waals surface area contributed by atoms with Crippen LogP contribution in [0.5, 0.6) is 0 Å². The lowest BCUT2D eigenvalue weighted by Crippen LogP contribution is -2.61. The van der Waals surface area contributed by atoms with E-state index >= 15 is 0 Å². The number of nitrogens with two attached hydrogens (primary N) is 1. The van der Waals surface area contributed by atoms with Gasteiger partial charge in [0.2, 0.25) is 35.4 Å². The van der Waals surface area contributed by atoms with E-state index in [9.17, 15) is 43.8 Å². The van der Waals surface area contributed by atoms with Gasteiger partial charge in [-0.15, -0.1) is 0 Å². The highest BCUT2D eigenvalue weighted by Crippen LogP contribution is 2.20. The molecule has 1 aromatic heterocycles. The lowest BCUT2D eigenvalue weighted by Gasteiger charge is -2.31. The highest BCUT2D eigenvalue weighted by molar-refractivity contribution is 5.97. The Morgan fingerprint density at radius 2 is 1.46 bits per heavy atom. The molecule has 0 aliphatic carbocycles. The molecule has 0 saturated carbocycles. The van der Waals surface area contributed by atoms with E-state index in [-0.39, 0.29) is 38.1 Å². The van der Waals surface area contributed by atoms with Crippen LogP contribution in [-0.4, -0.2) is 121 Å². The molecular weight excluding hydrogens is 726 g/mol. The number of aliphatic hydroxyl groups is 1. The minimum Gasteiger partial charge on any atom is -0.480 e. The van der Waals surface area contributed by atoms with Crippen molar-refractivity contribution in [1.82, 2.24) is 41.5 Å². The lowest BCUT2D eigenvalue weighted by molar-refractivity contribution is -0.143. The summed E-state index contributed by atoms with van der Waals surface area (Å²) in [6, 6.07) is 0.697. The number of amides is 6. The molecule has 6 amide bonds. The fraction of sp³-hybridized carbons (Fsp3) is 0.579. The molecule has 18 nitrogen and oxygen atoms in total. The van der Waals surface area contributed by atoms with Crippen LogP contribution in [0.3, 0.4) is 0 Å². The molecule has 1 aliphatic rings. The molecule has 18 heteroatoms. The molecule has 0 bridgehead atoms. The van der Waals surface area contributed by atoms with Crippen molar-refractivity contribution < 1.29 is 43.8 Å². The first-order chi connectivity index (χ1) is 26.4. The van der Waals surface area contributed by atoms with Gasteiger partial charge >= 0.3 is 5.97 Å². The van der Waals surface area contributed by atoms with Crippen LogP contribution >= 0.6 is 0 Å². The number of H-pyrrole nitrogens is 1. The number of carboxylic acid groups (broad SMARTS) is 1. The van der Waals surface area contributed by atoms with Crippen molar-refractivity contribution >= 4 is 41.4 Å². The number of aliphatic hydroxyl groups excluding tert-OH is 1. The summed E-state index contributed by atoms with van der Waals surface area (Å²) in [7, 11) is 0. The maximum Gasteiger partial charge on any atom is 0.326 e. The van der Waals surface area contributed by atoms with Crippen molar-refractivity contribution in [3.05, 3.63) is 54.1 Å². The fourth-order valence-corrected chi connectivity index (χ4v) is 6.35. The summed E-state index contributed by atoms with van der Waals surface area (Å²) in [6.07, 6.45) is 2.59. The van der Waals surface area contributed by atoms with E-state index in [2.05, 4.69) is 36.6 Å². The second kappa shape index (κ2) is 21.1. The van der Waals surface area contributed by atoms with Crippen LogP contribution in [0.15, 0.2) is 42.9 Å². The van der Waals surface area contributed by atoms with Crippen LogP contribution in [0.1, 0.15) is 72.1 Å². The number of aromatic nitrogens is 2. The number of nitrogens with zero attached hydrogens (tertiary/aromatic N) is 2. The van der Waals surface area contributed by atoms with Crippen molar-refractivity contribution in [3.8, 4) is 0 Å². The zero-order valence-electron chi connectivity index (χ0n) is 32.8. The van der Waals surface area contributed by atoms with E-state index in [4.69, 9.17) is 5.73 Å². The highest BCUT2D eigenvalue weighted by Gasteiger charge is 2.40. The van der Waals surface area contributed by atoms with Gasteiger partial charge in [0.15, 0.2) is 0 Å². The van der Waals surface area contributed by atoms with Gasteiger partial charge in [-0.05, 0) is 50.5 Å². The third kappa shape index (κ3) is 13.1. The smallest absolute Gasteiger partial charge is 0.326 e. The molecule has 1 aromatic carbocycles. The van der Waals surface area contributed by atoms with Gasteiger partial charge in [-0.2, -0.15) is 0 Å². The monoisotopic (exact) mass is 783 g/mol. The Morgan fingerprint density at radius 3 is 2.04 bits per heavy atom. The lowest BCUT2D eigenvalue weighted by atomic mass is 10.00. The van der Waals surface area contributed by atoms with Crippen LogP contribution in [-0.2, 0) is 46.4 Å². The molecule has 308 valence electrons. The second-order valence-electron chi connectivity index (χ2n) is 15.0. The minimum atomic E-state index is -1.47. The number of carbonyl (C=O) groups is 7. The largest absolute Gasteiger partial charge is 0.480 e. The molecule has 8 unspecified atom stereocenters. The number of aliphatic carboxylic acids is 1. The summed E-state index contributed by atoms with van der Waals surface area (Å²) in [5, 5.41) is 33.0. The maximum atomic E-state index is 14.2. The molecule has 0 spiro atoms. The van der Waals surface area contributed by atoms with Crippen LogP contribution in [0.2, 0.25) is 0 Å². The molecule has 8 atom stereocenters. The first-order valence-electron chi connectivity index (χ1n) is 18.9. The van der Waals surface area contributed by atoms with Gasteiger partial charge in [-0.25, -0.2) is 9.78 Å². The number of likely N-dealkylation sites (tertiary alicyclic amines) is 1. The summed E-state index contributed by atoms with van der Waals surface area (Å²) < 4.78 is 0. The summed E-state index contributed by atoms with van der Waals surface area (Å²) in [4.78, 5) is 101. The van der Waals surface area contributed by atoms with E-state index in [1.165, 1.54) is 31.3 Å². The van der Waals surface area contributed by atoms with Crippen molar-refractivity contribution in [3.63, 3.8) is 0 Å². The maximum absolute atomic E-state index is 14.2. The Kier molecular flexibility index (Phi) is 17.0. The van der Waals surface area contributed by atoms with Crippen molar-refractivity contribution in [1.29, 1.82) is 0 Å². The molecule has 2 heterocycles. The number of hydrogen-bond donors (Lipinski definition) is 9. The number of aromatic amines is 1. The first-order valence-corrected chi connectivity index (χ1v) is 18.9. The summed E-state index contributed by atoms with van der Waals surface area (Å²) >= 11 is 0. The number of benzene rings is 1. The predicted octanol–water partition coefficient (Wildman–Crippen LogP) is -0.875. The fourth-order valence-electron chi connectivity index (χ4n) is 6.35. The van der Waals surface area contributed by atoms with Crippen molar-refractivity contribution in [2.24, 2.45) is 17.6 Å².